The largest absolute Gasteiger partial charge is 0.494 e. The van der Waals surface area contributed by atoms with Crippen molar-refractivity contribution >= 4 is 23.0 Å². The Hall–Kier alpha value is -1.33. The molecular weight excluding hydrogens is 282 g/mol. The molecule has 1 aromatic rings. The molecule has 0 aromatic heterocycles. The van der Waals surface area contributed by atoms with Crippen molar-refractivity contribution in [3.05, 3.63) is 24.3 Å². The molecule has 0 aliphatic carbocycles. The molecule has 21 heavy (non-hydrogen) atoms. The molecule has 1 heterocycles. The number of likely N-dealkylation sites (tertiary alicyclic amines) is 1. The van der Waals surface area contributed by atoms with E-state index in [0.717, 1.165) is 24.5 Å². The Bertz CT molecular complexity index is 449. The fraction of sp³-hybridized carbons (Fsp3) is 0.562. The number of thiocarbonyl (C=S) groups is 1. The minimum atomic E-state index is 0.607. The number of benzene rings is 1. The summed E-state index contributed by atoms with van der Waals surface area (Å²) in [6.45, 7) is 8.12. The topological polar surface area (TPSA) is 36.5 Å². The second-order valence-electron chi connectivity index (χ2n) is 5.22. The lowest BCUT2D eigenvalue weighted by molar-refractivity contribution is 0.267. The van der Waals surface area contributed by atoms with Gasteiger partial charge >= 0.3 is 0 Å². The minimum Gasteiger partial charge on any atom is -0.494 e. The molecule has 2 N–H and O–H groups in total. The molecule has 0 amide bonds. The summed E-state index contributed by atoms with van der Waals surface area (Å²) in [5.74, 6) is 0.881. The maximum atomic E-state index is 5.42. The number of likely N-dealkylation sites (N-methyl/N-ethyl adjacent to an activating group) is 1. The van der Waals surface area contributed by atoms with E-state index >= 15 is 0 Å². The molecule has 5 heteroatoms. The van der Waals surface area contributed by atoms with Crippen LogP contribution in [0.3, 0.4) is 0 Å². The summed E-state index contributed by atoms with van der Waals surface area (Å²) in [5.41, 5.74) is 0.981. The number of hydrogen-bond donors (Lipinski definition) is 2. The summed E-state index contributed by atoms with van der Waals surface area (Å²) in [6.07, 6.45) is 2.55. The van der Waals surface area contributed by atoms with Crippen LogP contribution in [0.1, 0.15) is 26.7 Å². The van der Waals surface area contributed by atoms with E-state index in [9.17, 15) is 0 Å². The van der Waals surface area contributed by atoms with Crippen LogP contribution in [-0.2, 0) is 0 Å². The normalized spacial score (nSPS) is 18.5. The molecule has 1 aliphatic rings. The highest BCUT2D eigenvalue weighted by Gasteiger charge is 2.22. The Morgan fingerprint density at radius 2 is 2.10 bits per heavy atom. The molecule has 1 aromatic carbocycles. The number of anilines is 1. The number of hydrogen-bond acceptors (Lipinski definition) is 3. The van der Waals surface area contributed by atoms with E-state index in [1.165, 1.54) is 19.4 Å². The zero-order valence-electron chi connectivity index (χ0n) is 12.9. The van der Waals surface area contributed by atoms with Gasteiger partial charge in [-0.05, 0) is 69.3 Å². The van der Waals surface area contributed by atoms with E-state index in [0.29, 0.717) is 17.8 Å². The van der Waals surface area contributed by atoms with Crippen molar-refractivity contribution in [2.75, 3.05) is 31.6 Å². The summed E-state index contributed by atoms with van der Waals surface area (Å²) in [7, 11) is 0. The molecule has 0 unspecified atom stereocenters. The highest BCUT2D eigenvalue weighted by Crippen LogP contribution is 2.17. The van der Waals surface area contributed by atoms with E-state index in [4.69, 9.17) is 17.0 Å². The predicted octanol–water partition coefficient (Wildman–Crippen LogP) is 2.86. The molecule has 116 valence electrons. The zero-order valence-corrected chi connectivity index (χ0v) is 13.7. The quantitative estimate of drug-likeness (QED) is 0.790. The third-order valence-corrected chi connectivity index (χ3v) is 4.07. The monoisotopic (exact) mass is 307 g/mol. The first kappa shape index (κ1) is 16.0. The van der Waals surface area contributed by atoms with Crippen molar-refractivity contribution in [3.8, 4) is 5.75 Å². The van der Waals surface area contributed by atoms with Crippen LogP contribution >= 0.6 is 12.2 Å². The molecule has 0 radical (unpaired) electrons. The average Bonchev–Trinajstić information content (AvgIpc) is 2.95. The Morgan fingerprint density at radius 3 is 2.76 bits per heavy atom. The molecule has 2 rings (SSSR count). The molecule has 1 atom stereocenters. The van der Waals surface area contributed by atoms with Crippen LogP contribution in [0.2, 0.25) is 0 Å². The molecular formula is C16H25N3OS. The van der Waals surface area contributed by atoms with Gasteiger partial charge in [0.15, 0.2) is 5.11 Å². The molecule has 0 bridgehead atoms. The highest BCUT2D eigenvalue weighted by molar-refractivity contribution is 7.80. The van der Waals surface area contributed by atoms with Crippen molar-refractivity contribution in [1.29, 1.82) is 0 Å². The Balaban J connectivity index is 1.76. The van der Waals surface area contributed by atoms with Crippen LogP contribution in [0.5, 0.6) is 5.75 Å². The highest BCUT2D eigenvalue weighted by atomic mass is 32.1. The van der Waals surface area contributed by atoms with E-state index < -0.39 is 0 Å². The minimum absolute atomic E-state index is 0.607. The average molecular weight is 307 g/mol. The zero-order chi connectivity index (χ0) is 15.1. The van der Waals surface area contributed by atoms with E-state index in [1.54, 1.807) is 0 Å². The van der Waals surface area contributed by atoms with Gasteiger partial charge in [0.25, 0.3) is 0 Å². The lowest BCUT2D eigenvalue weighted by Crippen LogP contribution is -2.41. The molecule has 0 spiro atoms. The summed E-state index contributed by atoms with van der Waals surface area (Å²) in [4.78, 5) is 2.51. The van der Waals surface area contributed by atoms with Crippen molar-refractivity contribution in [2.24, 2.45) is 0 Å². The van der Waals surface area contributed by atoms with Gasteiger partial charge in [-0.15, -0.1) is 0 Å². The van der Waals surface area contributed by atoms with Crippen molar-refractivity contribution in [2.45, 2.75) is 32.7 Å². The third-order valence-electron chi connectivity index (χ3n) is 3.83. The summed E-state index contributed by atoms with van der Waals surface area (Å²) in [5, 5.41) is 7.22. The van der Waals surface area contributed by atoms with Gasteiger partial charge in [0.1, 0.15) is 5.75 Å². The number of nitrogens with zero attached hydrogens (tertiary/aromatic N) is 1. The molecule has 1 aliphatic heterocycles. The van der Waals surface area contributed by atoms with Crippen LogP contribution in [0.25, 0.3) is 0 Å². The van der Waals surface area contributed by atoms with Gasteiger partial charge in [-0.25, -0.2) is 0 Å². The van der Waals surface area contributed by atoms with Crippen molar-refractivity contribution in [3.63, 3.8) is 0 Å². The number of rotatable bonds is 6. The fourth-order valence-electron chi connectivity index (χ4n) is 2.73. The first-order chi connectivity index (χ1) is 10.2. The molecule has 1 saturated heterocycles. The summed E-state index contributed by atoms with van der Waals surface area (Å²) >= 11 is 5.36. The molecule has 4 nitrogen and oxygen atoms in total. The fourth-order valence-corrected chi connectivity index (χ4v) is 2.93. The van der Waals surface area contributed by atoms with Crippen LogP contribution < -0.4 is 15.4 Å². The van der Waals surface area contributed by atoms with Gasteiger partial charge in [0.2, 0.25) is 0 Å². The second-order valence-corrected chi connectivity index (χ2v) is 5.63. The van der Waals surface area contributed by atoms with Crippen LogP contribution in [0.4, 0.5) is 5.69 Å². The maximum absolute atomic E-state index is 5.42. The van der Waals surface area contributed by atoms with E-state index in [2.05, 4.69) is 22.5 Å². The van der Waals surface area contributed by atoms with Gasteiger partial charge in [-0.1, -0.05) is 6.92 Å². The third kappa shape index (κ3) is 4.86. The summed E-state index contributed by atoms with van der Waals surface area (Å²) < 4.78 is 5.42. The Kier molecular flexibility index (Phi) is 6.26. The SMILES string of the molecule is CCOc1ccc(NC(=S)NC[C@@H]2CCCN2CC)cc1. The van der Waals surface area contributed by atoms with Gasteiger partial charge in [0.05, 0.1) is 6.61 Å². The predicted molar refractivity (Wildman–Crippen MR) is 92.1 cm³/mol. The number of nitrogens with one attached hydrogen (secondary N) is 2. The maximum Gasteiger partial charge on any atom is 0.170 e. The first-order valence-corrected chi connectivity index (χ1v) is 8.15. The van der Waals surface area contributed by atoms with Crippen LogP contribution in [-0.4, -0.2) is 42.3 Å². The van der Waals surface area contributed by atoms with Crippen LogP contribution in [0.15, 0.2) is 24.3 Å². The lowest BCUT2D eigenvalue weighted by Gasteiger charge is -2.23. The van der Waals surface area contributed by atoms with E-state index in [1.807, 2.05) is 31.2 Å². The smallest absolute Gasteiger partial charge is 0.170 e. The lowest BCUT2D eigenvalue weighted by atomic mass is 10.2. The van der Waals surface area contributed by atoms with Gasteiger partial charge in [0, 0.05) is 18.3 Å². The van der Waals surface area contributed by atoms with Gasteiger partial charge in [-0.3, -0.25) is 4.90 Å². The van der Waals surface area contributed by atoms with Crippen LogP contribution in [0, 0.1) is 0 Å². The number of ether oxygens (including phenoxy) is 1. The van der Waals surface area contributed by atoms with Crippen molar-refractivity contribution in [1.82, 2.24) is 10.2 Å². The Labute approximate surface area is 132 Å². The van der Waals surface area contributed by atoms with Gasteiger partial charge < -0.3 is 15.4 Å². The molecule has 1 fully saturated rings. The van der Waals surface area contributed by atoms with Gasteiger partial charge in [-0.2, -0.15) is 0 Å². The summed E-state index contributed by atoms with van der Waals surface area (Å²) in [6, 6.07) is 8.46. The first-order valence-electron chi connectivity index (χ1n) is 7.74. The second kappa shape index (κ2) is 8.20. The standard InChI is InChI=1S/C16H25N3OS/c1-3-19-11-5-6-14(19)12-17-16(21)18-13-7-9-15(10-8-13)20-4-2/h7-10,14H,3-6,11-12H2,1-2H3,(H2,17,18,21)/t14-/m0/s1. The van der Waals surface area contributed by atoms with Crippen molar-refractivity contribution < 1.29 is 4.74 Å². The molecule has 0 saturated carbocycles. The Morgan fingerprint density at radius 1 is 1.33 bits per heavy atom. The van der Waals surface area contributed by atoms with E-state index in [-0.39, 0.29) is 0 Å².